The van der Waals surface area contributed by atoms with E-state index in [-0.39, 0.29) is 11.2 Å². The van der Waals surface area contributed by atoms with Gasteiger partial charge in [-0.15, -0.1) is 5.10 Å². The van der Waals surface area contributed by atoms with Crippen LogP contribution in [0.3, 0.4) is 0 Å². The zero-order valence-corrected chi connectivity index (χ0v) is 15.3. The summed E-state index contributed by atoms with van der Waals surface area (Å²) in [7, 11) is 0. The summed E-state index contributed by atoms with van der Waals surface area (Å²) in [4.78, 5) is 14.9. The Morgan fingerprint density at radius 1 is 1.24 bits per heavy atom. The molecule has 1 aromatic heterocycles. The molecule has 6 nitrogen and oxygen atoms in total. The van der Waals surface area contributed by atoms with Crippen LogP contribution in [0.15, 0.2) is 29.4 Å². The van der Waals surface area contributed by atoms with Crippen LogP contribution in [0, 0.1) is 0 Å². The molecule has 0 N–H and O–H groups in total. The minimum Gasteiger partial charge on any atom is -0.337 e. The highest BCUT2D eigenvalue weighted by Gasteiger charge is 2.28. The molecule has 4 rings (SSSR count). The minimum atomic E-state index is -0.184. The van der Waals surface area contributed by atoms with Gasteiger partial charge in [0.15, 0.2) is 0 Å². The lowest BCUT2D eigenvalue weighted by Gasteiger charge is -2.30. The molecule has 2 aromatic rings. The number of rotatable bonds is 4. The summed E-state index contributed by atoms with van der Waals surface area (Å²) in [6, 6.07) is 8.78. The lowest BCUT2D eigenvalue weighted by Crippen LogP contribution is -2.40. The molecule has 0 unspecified atom stereocenters. The van der Waals surface area contributed by atoms with Crippen molar-refractivity contribution >= 4 is 17.7 Å². The SMILES string of the molecule is C[C@@H](Sc1nnnn1C1CCCC1)C(=O)N1CCc2ccccc2C1. The van der Waals surface area contributed by atoms with Crippen molar-refractivity contribution in [2.45, 2.75) is 62.0 Å². The Balaban J connectivity index is 1.43. The van der Waals surface area contributed by atoms with Gasteiger partial charge in [-0.3, -0.25) is 4.79 Å². The fraction of sp³-hybridized carbons (Fsp3) is 0.556. The van der Waals surface area contributed by atoms with E-state index in [9.17, 15) is 4.79 Å². The third kappa shape index (κ3) is 3.42. The number of thioether (sulfide) groups is 1. The van der Waals surface area contributed by atoms with Crippen molar-refractivity contribution in [2.75, 3.05) is 6.54 Å². The van der Waals surface area contributed by atoms with Gasteiger partial charge in [-0.1, -0.05) is 48.9 Å². The fourth-order valence-electron chi connectivity index (χ4n) is 3.79. The van der Waals surface area contributed by atoms with Crippen LogP contribution in [0.4, 0.5) is 0 Å². The van der Waals surface area contributed by atoms with Crippen molar-refractivity contribution in [3.05, 3.63) is 35.4 Å². The van der Waals surface area contributed by atoms with Gasteiger partial charge in [0.05, 0.1) is 11.3 Å². The van der Waals surface area contributed by atoms with E-state index in [1.807, 2.05) is 22.6 Å². The number of fused-ring (bicyclic) bond motifs is 1. The highest BCUT2D eigenvalue weighted by Crippen LogP contribution is 2.33. The first kappa shape index (κ1) is 16.6. The van der Waals surface area contributed by atoms with Crippen molar-refractivity contribution in [1.82, 2.24) is 25.1 Å². The Morgan fingerprint density at radius 2 is 2.00 bits per heavy atom. The molecule has 1 saturated carbocycles. The molecule has 0 spiro atoms. The molecule has 1 fully saturated rings. The highest BCUT2D eigenvalue weighted by atomic mass is 32.2. The van der Waals surface area contributed by atoms with Gasteiger partial charge >= 0.3 is 0 Å². The molecule has 1 aliphatic heterocycles. The van der Waals surface area contributed by atoms with Crippen LogP contribution in [0.25, 0.3) is 0 Å². The Labute approximate surface area is 152 Å². The minimum absolute atomic E-state index is 0.167. The highest BCUT2D eigenvalue weighted by molar-refractivity contribution is 8.00. The number of hydrogen-bond acceptors (Lipinski definition) is 5. The number of hydrogen-bond donors (Lipinski definition) is 0. The number of carbonyl (C=O) groups excluding carboxylic acids is 1. The zero-order valence-electron chi connectivity index (χ0n) is 14.5. The average Bonchev–Trinajstić information content (AvgIpc) is 3.32. The average molecular weight is 357 g/mol. The number of benzene rings is 1. The smallest absolute Gasteiger partial charge is 0.236 e. The molecule has 1 atom stereocenters. The lowest BCUT2D eigenvalue weighted by atomic mass is 10.00. The van der Waals surface area contributed by atoms with Gasteiger partial charge in [-0.2, -0.15) is 0 Å². The van der Waals surface area contributed by atoms with Crippen LogP contribution in [-0.4, -0.2) is 42.8 Å². The zero-order chi connectivity index (χ0) is 17.2. The third-order valence-corrected chi connectivity index (χ3v) is 6.24. The van der Waals surface area contributed by atoms with Crippen molar-refractivity contribution in [3.63, 3.8) is 0 Å². The summed E-state index contributed by atoms with van der Waals surface area (Å²) < 4.78 is 1.92. The predicted molar refractivity (Wildman–Crippen MR) is 96.2 cm³/mol. The van der Waals surface area contributed by atoms with E-state index in [0.717, 1.165) is 31.0 Å². The Hall–Kier alpha value is -1.89. The van der Waals surface area contributed by atoms with Gasteiger partial charge < -0.3 is 4.90 Å². The van der Waals surface area contributed by atoms with Crippen molar-refractivity contribution in [1.29, 1.82) is 0 Å². The second-order valence-electron chi connectivity index (χ2n) is 6.88. The molecule has 1 aliphatic carbocycles. The van der Waals surface area contributed by atoms with Crippen molar-refractivity contribution in [3.8, 4) is 0 Å². The molecule has 2 heterocycles. The summed E-state index contributed by atoms with van der Waals surface area (Å²) in [5.41, 5.74) is 2.62. The van der Waals surface area contributed by atoms with Crippen molar-refractivity contribution < 1.29 is 4.79 Å². The quantitative estimate of drug-likeness (QED) is 0.787. The maximum atomic E-state index is 12.9. The van der Waals surface area contributed by atoms with Crippen LogP contribution in [0.5, 0.6) is 0 Å². The first-order valence-corrected chi connectivity index (χ1v) is 9.90. The summed E-state index contributed by atoms with van der Waals surface area (Å²) in [6.45, 7) is 3.45. The molecule has 132 valence electrons. The summed E-state index contributed by atoms with van der Waals surface area (Å²) >= 11 is 1.48. The molecule has 0 saturated heterocycles. The normalized spacial score (nSPS) is 19.0. The van der Waals surface area contributed by atoms with Crippen LogP contribution in [0.2, 0.25) is 0 Å². The van der Waals surface area contributed by atoms with Gasteiger partial charge in [0.2, 0.25) is 11.1 Å². The Kier molecular flexibility index (Phi) is 4.74. The molecule has 0 radical (unpaired) electrons. The van der Waals surface area contributed by atoms with Crippen LogP contribution in [0.1, 0.15) is 49.8 Å². The Bertz CT molecular complexity index is 755. The molecule has 7 heteroatoms. The number of tetrazole rings is 1. The molecule has 1 amide bonds. The van der Waals surface area contributed by atoms with Gasteiger partial charge in [0.1, 0.15) is 0 Å². The first-order chi connectivity index (χ1) is 12.2. The number of nitrogens with zero attached hydrogens (tertiary/aromatic N) is 5. The number of aromatic nitrogens is 4. The lowest BCUT2D eigenvalue weighted by molar-refractivity contribution is -0.131. The van der Waals surface area contributed by atoms with Gasteiger partial charge in [-0.05, 0) is 47.7 Å². The molecule has 25 heavy (non-hydrogen) atoms. The van der Waals surface area contributed by atoms with Gasteiger partial charge in [0, 0.05) is 13.1 Å². The first-order valence-electron chi connectivity index (χ1n) is 9.02. The van der Waals surface area contributed by atoms with Crippen LogP contribution in [-0.2, 0) is 17.8 Å². The molecular weight excluding hydrogens is 334 g/mol. The third-order valence-electron chi connectivity index (χ3n) is 5.21. The van der Waals surface area contributed by atoms with Crippen molar-refractivity contribution in [2.24, 2.45) is 0 Å². The maximum absolute atomic E-state index is 12.9. The van der Waals surface area contributed by atoms with E-state index in [0.29, 0.717) is 12.6 Å². The molecule has 2 aliphatic rings. The molecular formula is C18H23N5OS. The van der Waals surface area contributed by atoms with E-state index in [2.05, 4.69) is 33.7 Å². The summed E-state index contributed by atoms with van der Waals surface area (Å²) in [5, 5.41) is 12.7. The largest absolute Gasteiger partial charge is 0.337 e. The second kappa shape index (κ2) is 7.15. The topological polar surface area (TPSA) is 63.9 Å². The summed E-state index contributed by atoms with van der Waals surface area (Å²) in [5.74, 6) is 0.167. The van der Waals surface area contributed by atoms with E-state index in [1.165, 1.54) is 35.7 Å². The van der Waals surface area contributed by atoms with Crippen LogP contribution >= 0.6 is 11.8 Å². The predicted octanol–water partition coefficient (Wildman–Crippen LogP) is 2.85. The van der Waals surface area contributed by atoms with E-state index in [4.69, 9.17) is 0 Å². The number of carbonyl (C=O) groups is 1. The molecule has 1 aromatic carbocycles. The standard InChI is InChI=1S/C18H23N5OS/c1-13(25-18-19-20-21-23(18)16-8-4-5-9-16)17(24)22-11-10-14-6-2-3-7-15(14)12-22/h2-3,6-7,13,16H,4-5,8-12H2,1H3/t13-/m1/s1. The van der Waals surface area contributed by atoms with E-state index < -0.39 is 0 Å². The van der Waals surface area contributed by atoms with Gasteiger partial charge in [-0.25, -0.2) is 4.68 Å². The number of amides is 1. The van der Waals surface area contributed by atoms with E-state index >= 15 is 0 Å². The van der Waals surface area contributed by atoms with Crippen LogP contribution < -0.4 is 0 Å². The van der Waals surface area contributed by atoms with E-state index in [1.54, 1.807) is 0 Å². The maximum Gasteiger partial charge on any atom is 0.236 e. The fourth-order valence-corrected chi connectivity index (χ4v) is 4.73. The second-order valence-corrected chi connectivity index (χ2v) is 8.19. The van der Waals surface area contributed by atoms with Gasteiger partial charge in [0.25, 0.3) is 0 Å². The summed E-state index contributed by atoms with van der Waals surface area (Å²) in [6.07, 6.45) is 5.65. The molecule has 0 bridgehead atoms. The Morgan fingerprint density at radius 3 is 2.80 bits per heavy atom. The monoisotopic (exact) mass is 357 g/mol.